The number of methoxy groups -OCH3 is 1. The maximum absolute atomic E-state index is 12.7. The van der Waals surface area contributed by atoms with Crippen LogP contribution in [0.5, 0.6) is 0 Å². The molecule has 3 amide bonds. The van der Waals surface area contributed by atoms with Crippen LogP contribution < -0.4 is 5.32 Å². The quantitative estimate of drug-likeness (QED) is 0.225. The molecule has 0 aliphatic rings. The zero-order valence-corrected chi connectivity index (χ0v) is 23.9. The molecule has 0 aliphatic carbocycles. The van der Waals surface area contributed by atoms with E-state index in [0.29, 0.717) is 24.4 Å². The third kappa shape index (κ3) is 16.3. The first kappa shape index (κ1) is 33.6. The highest BCUT2D eigenvalue weighted by atomic mass is 16.8. The average Bonchev–Trinajstić information content (AvgIpc) is 2.67. The Labute approximate surface area is 215 Å². The van der Waals surface area contributed by atoms with E-state index in [1.807, 2.05) is 13.8 Å². The first-order valence-corrected chi connectivity index (χ1v) is 12.1. The second kappa shape index (κ2) is 13.8. The lowest BCUT2D eigenvalue weighted by Gasteiger charge is -2.34. The van der Waals surface area contributed by atoms with Gasteiger partial charge in [-0.3, -0.25) is 14.4 Å². The van der Waals surface area contributed by atoms with Gasteiger partial charge in [0, 0.05) is 19.4 Å². The molecule has 0 aromatic carbocycles. The zero-order valence-electron chi connectivity index (χ0n) is 23.9. The molecule has 11 heteroatoms. The summed E-state index contributed by atoms with van der Waals surface area (Å²) in [5.74, 6) is -0.675. The Balaban J connectivity index is 4.89. The normalized spacial score (nSPS) is 12.5. The Morgan fingerprint density at radius 1 is 0.722 bits per heavy atom. The molecule has 0 aliphatic heterocycles. The van der Waals surface area contributed by atoms with E-state index in [-0.39, 0.29) is 25.4 Å². The van der Waals surface area contributed by atoms with Gasteiger partial charge in [0.2, 0.25) is 5.91 Å². The van der Waals surface area contributed by atoms with Gasteiger partial charge < -0.3 is 24.3 Å². The van der Waals surface area contributed by atoms with E-state index in [4.69, 9.17) is 19.0 Å². The number of amides is 3. The molecule has 0 atom stereocenters. The topological polar surface area (TPSA) is 130 Å². The van der Waals surface area contributed by atoms with Crippen molar-refractivity contribution in [1.29, 1.82) is 0 Å². The Kier molecular flexibility index (Phi) is 12.9. The summed E-state index contributed by atoms with van der Waals surface area (Å²) in [6.45, 7) is 17.9. The summed E-state index contributed by atoms with van der Waals surface area (Å²) in [4.78, 5) is 54.0. The van der Waals surface area contributed by atoms with Gasteiger partial charge in [-0.2, -0.15) is 0 Å². The number of hydrogen-bond donors (Lipinski definition) is 1. The minimum absolute atomic E-state index is 0.0287. The summed E-state index contributed by atoms with van der Waals surface area (Å²) >= 11 is 0. The minimum Gasteiger partial charge on any atom is -0.469 e. The molecule has 36 heavy (non-hydrogen) atoms. The summed E-state index contributed by atoms with van der Waals surface area (Å²) in [6, 6.07) is 0. The molecule has 0 rings (SSSR count). The first-order chi connectivity index (χ1) is 16.2. The van der Waals surface area contributed by atoms with Crippen molar-refractivity contribution in [1.82, 2.24) is 10.4 Å². The molecule has 210 valence electrons. The SMILES string of the molecule is COC(=O)CCC(=O)NCCC(C)(C)OCCC(C)(C)ON(C(=O)OC(C)(C)C)C(=O)OC(C)(C)C. The van der Waals surface area contributed by atoms with E-state index >= 15 is 0 Å². The fourth-order valence-corrected chi connectivity index (χ4v) is 2.60. The number of nitrogens with zero attached hydrogens (tertiary/aromatic N) is 1. The zero-order chi connectivity index (χ0) is 28.4. The number of imide groups is 1. The van der Waals surface area contributed by atoms with Crippen molar-refractivity contribution >= 4 is 24.1 Å². The molecule has 0 spiro atoms. The molecule has 11 nitrogen and oxygen atoms in total. The molecule has 0 aromatic rings. The molecule has 0 bridgehead atoms. The van der Waals surface area contributed by atoms with Gasteiger partial charge in [-0.05, 0) is 75.7 Å². The largest absolute Gasteiger partial charge is 0.469 e. The van der Waals surface area contributed by atoms with E-state index in [2.05, 4.69) is 10.1 Å². The van der Waals surface area contributed by atoms with Gasteiger partial charge in [-0.1, -0.05) is 5.06 Å². The molecular weight excluding hydrogens is 472 g/mol. The molecule has 0 heterocycles. The molecule has 0 fully saturated rings. The van der Waals surface area contributed by atoms with Crippen LogP contribution in [0.3, 0.4) is 0 Å². The number of nitrogens with one attached hydrogen (secondary N) is 1. The van der Waals surface area contributed by atoms with Crippen LogP contribution in [0.25, 0.3) is 0 Å². The number of ether oxygens (including phenoxy) is 4. The number of hydrogen-bond acceptors (Lipinski definition) is 9. The van der Waals surface area contributed by atoms with Crippen LogP contribution in [0.1, 0.15) is 94.9 Å². The molecule has 0 saturated carbocycles. The van der Waals surface area contributed by atoms with Crippen LogP contribution in [0.4, 0.5) is 9.59 Å². The van der Waals surface area contributed by atoms with Crippen LogP contribution >= 0.6 is 0 Å². The van der Waals surface area contributed by atoms with Crippen LogP contribution in [0, 0.1) is 0 Å². The number of carbonyl (C=O) groups is 4. The smallest absolute Gasteiger partial charge is 0.444 e. The summed E-state index contributed by atoms with van der Waals surface area (Å²) in [6.07, 6.45) is -1.00. The Hall–Kier alpha value is -2.40. The first-order valence-electron chi connectivity index (χ1n) is 12.1. The van der Waals surface area contributed by atoms with E-state index in [1.54, 1.807) is 55.4 Å². The van der Waals surface area contributed by atoms with Gasteiger partial charge in [-0.25, -0.2) is 9.59 Å². The standard InChI is InChI=1S/C25H46N2O9/c1-22(2,3)34-20(30)27(21(31)35-23(4,5)6)36-25(9,10)15-17-33-24(7,8)14-16-26-18(28)12-13-19(29)32-11/h12-17H2,1-11H3,(H,26,28). The number of carbonyl (C=O) groups excluding carboxylic acids is 4. The molecular formula is C25H46N2O9. The van der Waals surface area contributed by atoms with Gasteiger partial charge in [0.1, 0.15) is 11.2 Å². The predicted octanol–water partition coefficient (Wildman–Crippen LogP) is 4.51. The van der Waals surface area contributed by atoms with Crippen molar-refractivity contribution in [2.75, 3.05) is 20.3 Å². The third-order valence-corrected chi connectivity index (χ3v) is 4.49. The van der Waals surface area contributed by atoms with Crippen molar-refractivity contribution in [3.63, 3.8) is 0 Å². The lowest BCUT2D eigenvalue weighted by atomic mass is 10.0. The number of hydroxylamine groups is 2. The molecule has 0 aromatic heterocycles. The van der Waals surface area contributed by atoms with Crippen LogP contribution in [0.2, 0.25) is 0 Å². The monoisotopic (exact) mass is 518 g/mol. The third-order valence-electron chi connectivity index (χ3n) is 4.49. The second-order valence-electron chi connectivity index (χ2n) is 11.6. The minimum atomic E-state index is -0.980. The average molecular weight is 519 g/mol. The molecule has 0 radical (unpaired) electrons. The fourth-order valence-electron chi connectivity index (χ4n) is 2.60. The lowest BCUT2D eigenvalue weighted by Crippen LogP contribution is -2.48. The van der Waals surface area contributed by atoms with Gasteiger partial charge in [-0.15, -0.1) is 0 Å². The van der Waals surface area contributed by atoms with Crippen molar-refractivity contribution in [2.24, 2.45) is 0 Å². The summed E-state index contributed by atoms with van der Waals surface area (Å²) < 4.78 is 21.1. The maximum atomic E-state index is 12.7. The van der Waals surface area contributed by atoms with E-state index in [9.17, 15) is 19.2 Å². The Morgan fingerprint density at radius 3 is 1.67 bits per heavy atom. The summed E-state index contributed by atoms with van der Waals surface area (Å²) in [5.41, 5.74) is -3.23. The van der Waals surface area contributed by atoms with Crippen LogP contribution in [0.15, 0.2) is 0 Å². The van der Waals surface area contributed by atoms with Crippen molar-refractivity contribution in [3.05, 3.63) is 0 Å². The van der Waals surface area contributed by atoms with Gasteiger partial charge in [0.15, 0.2) is 0 Å². The number of esters is 1. The van der Waals surface area contributed by atoms with Gasteiger partial charge >= 0.3 is 18.2 Å². The molecule has 0 saturated heterocycles. The van der Waals surface area contributed by atoms with E-state index in [0.717, 1.165) is 0 Å². The molecule has 1 N–H and O–H groups in total. The Morgan fingerprint density at radius 2 is 1.22 bits per heavy atom. The predicted molar refractivity (Wildman–Crippen MR) is 133 cm³/mol. The van der Waals surface area contributed by atoms with E-state index in [1.165, 1.54) is 7.11 Å². The number of rotatable bonds is 12. The highest BCUT2D eigenvalue weighted by Crippen LogP contribution is 2.23. The van der Waals surface area contributed by atoms with Crippen molar-refractivity contribution < 1.29 is 43.0 Å². The van der Waals surface area contributed by atoms with Gasteiger partial charge in [0.25, 0.3) is 0 Å². The molecule has 0 unspecified atom stereocenters. The van der Waals surface area contributed by atoms with E-state index < -0.39 is 40.6 Å². The fraction of sp³-hybridized carbons (Fsp3) is 0.840. The van der Waals surface area contributed by atoms with Crippen LogP contribution in [-0.4, -0.2) is 71.8 Å². The maximum Gasteiger partial charge on any atom is 0.444 e. The van der Waals surface area contributed by atoms with Crippen LogP contribution in [-0.2, 0) is 33.4 Å². The second-order valence-corrected chi connectivity index (χ2v) is 11.6. The highest BCUT2D eigenvalue weighted by Gasteiger charge is 2.37. The van der Waals surface area contributed by atoms with Crippen molar-refractivity contribution in [2.45, 2.75) is 117 Å². The Bertz CT molecular complexity index is 722. The van der Waals surface area contributed by atoms with Gasteiger partial charge in [0.05, 0.1) is 31.3 Å². The van der Waals surface area contributed by atoms with Crippen molar-refractivity contribution in [3.8, 4) is 0 Å². The summed E-state index contributed by atoms with van der Waals surface area (Å²) in [7, 11) is 1.28. The summed E-state index contributed by atoms with van der Waals surface area (Å²) in [5, 5.41) is 3.26. The highest BCUT2D eigenvalue weighted by molar-refractivity contribution is 5.86. The lowest BCUT2D eigenvalue weighted by molar-refractivity contribution is -0.210.